The number of aromatic nitrogens is 1. The highest BCUT2D eigenvalue weighted by Gasteiger charge is 2.41. The SMILES string of the molecule is Cc1nc(CN2CCC3(CC2)CN(C)Cc2ccccc23)cs1.O=C(O)C(F)(F)F.O=C(O)C(F)(F)F. The van der Waals surface area contributed by atoms with Crippen molar-refractivity contribution in [1.29, 1.82) is 0 Å². The highest BCUT2D eigenvalue weighted by molar-refractivity contribution is 7.09. The van der Waals surface area contributed by atoms with Gasteiger partial charge in [0.25, 0.3) is 0 Å². The zero-order valence-electron chi connectivity index (χ0n) is 20.1. The van der Waals surface area contributed by atoms with Gasteiger partial charge in [0, 0.05) is 30.4 Å². The van der Waals surface area contributed by atoms with E-state index >= 15 is 0 Å². The Hall–Kier alpha value is -2.71. The molecule has 7 nitrogen and oxygen atoms in total. The molecule has 2 aromatic rings. The molecule has 3 heterocycles. The third kappa shape index (κ3) is 8.97. The van der Waals surface area contributed by atoms with Crippen molar-refractivity contribution in [3.8, 4) is 0 Å². The molecular weight excluding hydrogens is 528 g/mol. The van der Waals surface area contributed by atoms with Crippen LogP contribution in [0.5, 0.6) is 0 Å². The predicted octanol–water partition coefficient (Wildman–Crippen LogP) is 4.70. The molecule has 0 bridgehead atoms. The average molecular weight is 556 g/mol. The van der Waals surface area contributed by atoms with E-state index in [1.807, 2.05) is 0 Å². The van der Waals surface area contributed by atoms with Gasteiger partial charge in [-0.3, -0.25) is 4.90 Å². The van der Waals surface area contributed by atoms with Crippen LogP contribution in [0.15, 0.2) is 29.6 Å². The molecule has 2 N–H and O–H groups in total. The van der Waals surface area contributed by atoms with Gasteiger partial charge >= 0.3 is 24.3 Å². The molecule has 1 saturated heterocycles. The third-order valence-corrected chi connectivity index (χ3v) is 6.77. The van der Waals surface area contributed by atoms with Crippen LogP contribution in [0.4, 0.5) is 26.3 Å². The summed E-state index contributed by atoms with van der Waals surface area (Å²) in [4.78, 5) is 27.5. The number of alkyl halides is 6. The number of hydrogen-bond donors (Lipinski definition) is 2. The fourth-order valence-corrected chi connectivity index (χ4v) is 5.00. The van der Waals surface area contributed by atoms with Crippen molar-refractivity contribution in [2.75, 3.05) is 26.7 Å². The van der Waals surface area contributed by atoms with E-state index in [4.69, 9.17) is 19.8 Å². The Balaban J connectivity index is 0.000000286. The monoisotopic (exact) mass is 555 g/mol. The quantitative estimate of drug-likeness (QED) is 0.519. The number of halogens is 6. The van der Waals surface area contributed by atoms with Gasteiger partial charge in [-0.15, -0.1) is 11.3 Å². The summed E-state index contributed by atoms with van der Waals surface area (Å²) in [7, 11) is 2.27. The van der Waals surface area contributed by atoms with Crippen LogP contribution in [-0.4, -0.2) is 76.0 Å². The van der Waals surface area contributed by atoms with Crippen LogP contribution in [0.2, 0.25) is 0 Å². The van der Waals surface area contributed by atoms with Crippen molar-refractivity contribution in [2.24, 2.45) is 0 Å². The number of nitrogens with zero attached hydrogens (tertiary/aromatic N) is 3. The van der Waals surface area contributed by atoms with Gasteiger partial charge in [0.15, 0.2) is 0 Å². The highest BCUT2D eigenvalue weighted by Crippen LogP contribution is 2.41. The Labute approximate surface area is 213 Å². The number of aryl methyl sites for hydroxylation is 1. The zero-order chi connectivity index (χ0) is 28.0. The maximum atomic E-state index is 10.6. The lowest BCUT2D eigenvalue weighted by Gasteiger charge is -2.48. The minimum atomic E-state index is -5.08. The molecule has 37 heavy (non-hydrogen) atoms. The van der Waals surface area contributed by atoms with Crippen molar-refractivity contribution in [3.05, 3.63) is 51.5 Å². The molecule has 1 spiro atoms. The molecular formula is C23H27F6N3O4S. The fraction of sp³-hybridized carbons (Fsp3) is 0.522. The Morgan fingerprint density at radius 2 is 1.54 bits per heavy atom. The van der Waals surface area contributed by atoms with E-state index in [1.54, 1.807) is 16.9 Å². The number of benzene rings is 1. The van der Waals surface area contributed by atoms with Crippen LogP contribution in [0.3, 0.4) is 0 Å². The lowest BCUT2D eigenvalue weighted by atomic mass is 9.69. The first-order valence-corrected chi connectivity index (χ1v) is 11.9. The number of piperidine rings is 1. The second-order valence-corrected chi connectivity index (χ2v) is 9.91. The summed E-state index contributed by atoms with van der Waals surface area (Å²) < 4.78 is 63.5. The van der Waals surface area contributed by atoms with E-state index in [0.29, 0.717) is 5.41 Å². The molecule has 1 fully saturated rings. The number of carboxylic acid groups (broad SMARTS) is 2. The average Bonchev–Trinajstić information content (AvgIpc) is 3.19. The Morgan fingerprint density at radius 1 is 1.03 bits per heavy atom. The number of likely N-dealkylation sites (N-methyl/N-ethyl adjacent to an activating group) is 1. The maximum Gasteiger partial charge on any atom is 0.490 e. The minimum Gasteiger partial charge on any atom is -0.475 e. The zero-order valence-corrected chi connectivity index (χ0v) is 20.9. The first kappa shape index (κ1) is 30.5. The van der Waals surface area contributed by atoms with E-state index in [9.17, 15) is 26.3 Å². The highest BCUT2D eigenvalue weighted by atomic mass is 32.1. The molecule has 0 aliphatic carbocycles. The number of fused-ring (bicyclic) bond motifs is 2. The van der Waals surface area contributed by atoms with Crippen LogP contribution in [0, 0.1) is 6.92 Å². The second kappa shape index (κ2) is 12.2. The van der Waals surface area contributed by atoms with E-state index in [2.05, 4.69) is 58.4 Å². The molecule has 4 rings (SSSR count). The summed E-state index contributed by atoms with van der Waals surface area (Å²) in [6, 6.07) is 9.10. The molecule has 1 aromatic carbocycles. The van der Waals surface area contributed by atoms with Gasteiger partial charge in [-0.1, -0.05) is 24.3 Å². The number of rotatable bonds is 2. The van der Waals surface area contributed by atoms with Gasteiger partial charge in [0.05, 0.1) is 10.7 Å². The Bertz CT molecular complexity index is 1040. The number of hydrogen-bond acceptors (Lipinski definition) is 6. The van der Waals surface area contributed by atoms with Crippen LogP contribution in [0.1, 0.15) is 34.7 Å². The maximum absolute atomic E-state index is 10.6. The van der Waals surface area contributed by atoms with Crippen LogP contribution >= 0.6 is 11.3 Å². The van der Waals surface area contributed by atoms with Gasteiger partial charge in [0.1, 0.15) is 0 Å². The van der Waals surface area contributed by atoms with E-state index in [1.165, 1.54) is 48.7 Å². The molecule has 14 heteroatoms. The normalized spacial score (nSPS) is 17.6. The molecule has 206 valence electrons. The Kier molecular flexibility index (Phi) is 10.1. The molecule has 1 aromatic heterocycles. The van der Waals surface area contributed by atoms with Crippen molar-refractivity contribution >= 4 is 23.3 Å². The number of aliphatic carboxylic acids is 2. The van der Waals surface area contributed by atoms with E-state index < -0.39 is 24.3 Å². The lowest BCUT2D eigenvalue weighted by Crippen LogP contribution is -2.50. The van der Waals surface area contributed by atoms with Gasteiger partial charge in [-0.05, 0) is 51.0 Å². The summed E-state index contributed by atoms with van der Waals surface area (Å²) in [5, 5.41) is 17.6. The molecule has 0 radical (unpaired) electrons. The predicted molar refractivity (Wildman–Crippen MR) is 123 cm³/mol. The summed E-state index contributed by atoms with van der Waals surface area (Å²) in [6.45, 7) is 7.76. The lowest BCUT2D eigenvalue weighted by molar-refractivity contribution is -0.193. The second-order valence-electron chi connectivity index (χ2n) is 8.85. The largest absolute Gasteiger partial charge is 0.490 e. The fourth-order valence-electron chi connectivity index (χ4n) is 4.40. The summed E-state index contributed by atoms with van der Waals surface area (Å²) in [5.41, 5.74) is 4.75. The van der Waals surface area contributed by atoms with Gasteiger partial charge in [-0.25, -0.2) is 14.6 Å². The molecule has 0 unspecified atom stereocenters. The first-order chi connectivity index (χ1) is 17.0. The number of carboxylic acids is 2. The van der Waals surface area contributed by atoms with Crippen molar-refractivity contribution in [2.45, 2.75) is 50.6 Å². The molecule has 2 aliphatic rings. The third-order valence-electron chi connectivity index (χ3n) is 5.95. The van der Waals surface area contributed by atoms with Crippen molar-refractivity contribution < 1.29 is 46.1 Å². The summed E-state index contributed by atoms with van der Waals surface area (Å²) >= 11 is 1.76. The molecule has 0 amide bonds. The van der Waals surface area contributed by atoms with Crippen LogP contribution < -0.4 is 0 Å². The topological polar surface area (TPSA) is 94.0 Å². The summed E-state index contributed by atoms with van der Waals surface area (Å²) in [6.07, 6.45) is -7.64. The van der Waals surface area contributed by atoms with Crippen molar-refractivity contribution in [1.82, 2.24) is 14.8 Å². The number of thiazole rings is 1. The van der Waals surface area contributed by atoms with E-state index in [0.717, 1.165) is 13.1 Å². The Morgan fingerprint density at radius 3 is 2.00 bits per heavy atom. The smallest absolute Gasteiger partial charge is 0.475 e. The molecule has 2 aliphatic heterocycles. The van der Waals surface area contributed by atoms with Crippen molar-refractivity contribution in [3.63, 3.8) is 0 Å². The standard InChI is InChI=1S/C19H25N3S.2C2HF3O2/c1-15-20-17(13-23-15)12-22-9-7-19(8-10-22)14-21(2)11-16-5-3-4-6-18(16)19;2*3-2(4,5)1(6)7/h3-6,13H,7-12,14H2,1-2H3;2*(H,6,7). The van der Waals surface area contributed by atoms with Crippen LogP contribution in [0.25, 0.3) is 0 Å². The molecule has 0 atom stereocenters. The van der Waals surface area contributed by atoms with E-state index in [-0.39, 0.29) is 0 Å². The minimum absolute atomic E-state index is 0.359. The summed E-state index contributed by atoms with van der Waals surface area (Å²) in [5.74, 6) is -5.51. The number of likely N-dealkylation sites (tertiary alicyclic amines) is 1. The van der Waals surface area contributed by atoms with Gasteiger partial charge in [0.2, 0.25) is 0 Å². The first-order valence-electron chi connectivity index (χ1n) is 11.0. The van der Waals surface area contributed by atoms with Gasteiger partial charge < -0.3 is 15.1 Å². The molecule has 0 saturated carbocycles. The number of carbonyl (C=O) groups is 2. The van der Waals surface area contributed by atoms with Crippen LogP contribution in [-0.2, 0) is 28.1 Å². The van der Waals surface area contributed by atoms with Gasteiger partial charge in [-0.2, -0.15) is 26.3 Å².